The summed E-state index contributed by atoms with van der Waals surface area (Å²) in [7, 11) is 2.03. The first-order chi connectivity index (χ1) is 8.33. The van der Waals surface area contributed by atoms with Crippen molar-refractivity contribution >= 4 is 5.82 Å². The predicted octanol–water partition coefficient (Wildman–Crippen LogP) is 1.67. The van der Waals surface area contributed by atoms with Gasteiger partial charge in [-0.15, -0.1) is 0 Å². The summed E-state index contributed by atoms with van der Waals surface area (Å²) in [4.78, 5) is 6.86. The number of piperidine rings is 1. The van der Waals surface area contributed by atoms with Crippen molar-refractivity contribution in [1.82, 2.24) is 10.3 Å². The minimum Gasteiger partial charge on any atom is -0.478 e. The summed E-state index contributed by atoms with van der Waals surface area (Å²) < 4.78 is 5.44. The molecule has 1 atom stereocenters. The highest BCUT2D eigenvalue weighted by molar-refractivity contribution is 5.41. The molecule has 17 heavy (non-hydrogen) atoms. The highest BCUT2D eigenvalue weighted by Crippen LogP contribution is 2.20. The van der Waals surface area contributed by atoms with E-state index in [1.807, 2.05) is 26.1 Å². The third kappa shape index (κ3) is 3.09. The number of nitrogens with zero attached hydrogens (tertiary/aromatic N) is 2. The Balaban J connectivity index is 2.07. The smallest absolute Gasteiger partial charge is 0.215 e. The van der Waals surface area contributed by atoms with E-state index in [9.17, 15) is 0 Å². The van der Waals surface area contributed by atoms with E-state index in [4.69, 9.17) is 4.74 Å². The Morgan fingerprint density at radius 1 is 1.53 bits per heavy atom. The average molecular weight is 235 g/mol. The van der Waals surface area contributed by atoms with Gasteiger partial charge < -0.3 is 15.0 Å². The summed E-state index contributed by atoms with van der Waals surface area (Å²) in [5.41, 5.74) is 0. The molecule has 0 radical (unpaired) electrons. The van der Waals surface area contributed by atoms with Crippen LogP contribution in [-0.2, 0) is 0 Å². The van der Waals surface area contributed by atoms with E-state index in [1.165, 1.54) is 12.8 Å². The molecule has 0 aromatic carbocycles. The first-order valence-electron chi connectivity index (χ1n) is 6.35. The monoisotopic (exact) mass is 235 g/mol. The van der Waals surface area contributed by atoms with Crippen molar-refractivity contribution in [3.63, 3.8) is 0 Å². The topological polar surface area (TPSA) is 37.4 Å². The largest absolute Gasteiger partial charge is 0.478 e. The summed E-state index contributed by atoms with van der Waals surface area (Å²) in [6.45, 7) is 4.75. The molecule has 0 aliphatic carbocycles. The van der Waals surface area contributed by atoms with Gasteiger partial charge in [0, 0.05) is 25.2 Å². The van der Waals surface area contributed by atoms with E-state index in [0.29, 0.717) is 12.6 Å². The lowest BCUT2D eigenvalue weighted by atomic mass is 10.1. The Morgan fingerprint density at radius 3 is 3.18 bits per heavy atom. The fourth-order valence-electron chi connectivity index (χ4n) is 2.23. The molecule has 0 saturated carbocycles. The molecule has 4 heteroatoms. The first kappa shape index (κ1) is 12.2. The predicted molar refractivity (Wildman–Crippen MR) is 69.7 cm³/mol. The van der Waals surface area contributed by atoms with Gasteiger partial charge in [-0.1, -0.05) is 6.07 Å². The van der Waals surface area contributed by atoms with E-state index in [2.05, 4.69) is 21.3 Å². The van der Waals surface area contributed by atoms with Crippen molar-refractivity contribution in [3.8, 4) is 5.88 Å². The van der Waals surface area contributed by atoms with E-state index >= 15 is 0 Å². The fourth-order valence-corrected chi connectivity index (χ4v) is 2.23. The maximum absolute atomic E-state index is 5.44. The number of hydrogen-bond donors (Lipinski definition) is 1. The number of nitrogens with one attached hydrogen (secondary N) is 1. The zero-order valence-electron chi connectivity index (χ0n) is 10.6. The number of aromatic nitrogens is 1. The molecule has 1 fully saturated rings. The van der Waals surface area contributed by atoms with E-state index < -0.39 is 0 Å². The second-order valence-corrected chi connectivity index (χ2v) is 4.34. The van der Waals surface area contributed by atoms with Crippen LogP contribution in [0.4, 0.5) is 5.82 Å². The van der Waals surface area contributed by atoms with Crippen molar-refractivity contribution in [2.75, 3.05) is 31.6 Å². The third-order valence-corrected chi connectivity index (χ3v) is 3.15. The van der Waals surface area contributed by atoms with Gasteiger partial charge in [-0.3, -0.25) is 0 Å². The lowest BCUT2D eigenvalue weighted by molar-refractivity contribution is 0.326. The number of hydrogen-bond acceptors (Lipinski definition) is 4. The zero-order valence-corrected chi connectivity index (χ0v) is 10.6. The molecule has 1 aromatic heterocycles. The van der Waals surface area contributed by atoms with E-state index in [1.54, 1.807) is 0 Å². The van der Waals surface area contributed by atoms with Gasteiger partial charge in [0.2, 0.25) is 5.88 Å². The molecule has 0 bridgehead atoms. The lowest BCUT2D eigenvalue weighted by Crippen LogP contribution is -2.44. The van der Waals surface area contributed by atoms with Crippen molar-refractivity contribution in [1.29, 1.82) is 0 Å². The van der Waals surface area contributed by atoms with Crippen molar-refractivity contribution in [2.45, 2.75) is 25.8 Å². The minimum atomic E-state index is 0.571. The molecule has 1 saturated heterocycles. The Labute approximate surface area is 103 Å². The first-order valence-corrected chi connectivity index (χ1v) is 6.35. The van der Waals surface area contributed by atoms with Gasteiger partial charge in [0.1, 0.15) is 5.82 Å². The maximum Gasteiger partial charge on any atom is 0.215 e. The van der Waals surface area contributed by atoms with Gasteiger partial charge in [0.15, 0.2) is 0 Å². The normalized spacial score (nSPS) is 20.4. The molecule has 4 nitrogen and oxygen atoms in total. The zero-order chi connectivity index (χ0) is 12.1. The minimum absolute atomic E-state index is 0.571. The van der Waals surface area contributed by atoms with Crippen LogP contribution in [0.3, 0.4) is 0 Å². The lowest BCUT2D eigenvalue weighted by Gasteiger charge is -2.33. The number of pyridine rings is 1. The number of rotatable bonds is 4. The van der Waals surface area contributed by atoms with Crippen LogP contribution in [0.5, 0.6) is 5.88 Å². The van der Waals surface area contributed by atoms with Crippen LogP contribution >= 0.6 is 0 Å². The maximum atomic E-state index is 5.44. The Hall–Kier alpha value is -1.29. The summed E-state index contributed by atoms with van der Waals surface area (Å²) >= 11 is 0. The third-order valence-electron chi connectivity index (χ3n) is 3.15. The highest BCUT2D eigenvalue weighted by Gasteiger charge is 2.19. The number of ether oxygens (including phenoxy) is 1. The van der Waals surface area contributed by atoms with Gasteiger partial charge in [-0.25, -0.2) is 0 Å². The summed E-state index contributed by atoms with van der Waals surface area (Å²) in [5.74, 6) is 1.74. The van der Waals surface area contributed by atoms with Crippen LogP contribution in [-0.4, -0.2) is 37.8 Å². The molecule has 1 aliphatic rings. The molecule has 2 heterocycles. The van der Waals surface area contributed by atoms with Crippen LogP contribution < -0.4 is 15.0 Å². The van der Waals surface area contributed by atoms with Gasteiger partial charge in [0.25, 0.3) is 0 Å². The summed E-state index contributed by atoms with van der Waals surface area (Å²) in [5, 5.41) is 3.34. The quantitative estimate of drug-likeness (QED) is 0.861. The molecule has 1 aliphatic heterocycles. The van der Waals surface area contributed by atoms with Crippen molar-refractivity contribution in [3.05, 3.63) is 18.2 Å². The molecular weight excluding hydrogens is 214 g/mol. The average Bonchev–Trinajstić information content (AvgIpc) is 2.40. The summed E-state index contributed by atoms with van der Waals surface area (Å²) in [6, 6.07) is 6.55. The SMILES string of the molecule is CCOc1cccc(N2CCCC(NC)C2)n1. The van der Waals surface area contributed by atoms with E-state index in [0.717, 1.165) is 24.8 Å². The Kier molecular flexibility index (Phi) is 4.20. The Morgan fingerprint density at radius 2 is 2.41 bits per heavy atom. The molecule has 0 amide bonds. The molecule has 2 rings (SSSR count). The van der Waals surface area contributed by atoms with Crippen LogP contribution in [0, 0.1) is 0 Å². The molecule has 0 spiro atoms. The second-order valence-electron chi connectivity index (χ2n) is 4.34. The van der Waals surface area contributed by atoms with Crippen LogP contribution in [0.25, 0.3) is 0 Å². The van der Waals surface area contributed by atoms with Crippen LogP contribution in [0.1, 0.15) is 19.8 Å². The standard InChI is InChI=1S/C13H21N3O/c1-3-17-13-8-4-7-12(15-13)16-9-5-6-11(10-16)14-2/h4,7-8,11,14H,3,5-6,9-10H2,1-2H3. The molecule has 1 unspecified atom stereocenters. The van der Waals surface area contributed by atoms with Crippen molar-refractivity contribution < 1.29 is 4.74 Å². The van der Waals surface area contributed by atoms with E-state index in [-0.39, 0.29) is 0 Å². The van der Waals surface area contributed by atoms with Crippen LogP contribution in [0.15, 0.2) is 18.2 Å². The Bertz CT molecular complexity index is 356. The molecule has 1 aromatic rings. The van der Waals surface area contributed by atoms with Gasteiger partial charge >= 0.3 is 0 Å². The van der Waals surface area contributed by atoms with Crippen molar-refractivity contribution in [2.24, 2.45) is 0 Å². The fraction of sp³-hybridized carbons (Fsp3) is 0.615. The van der Waals surface area contributed by atoms with Gasteiger partial charge in [-0.2, -0.15) is 4.98 Å². The highest BCUT2D eigenvalue weighted by atomic mass is 16.5. The molecule has 94 valence electrons. The molecule has 1 N–H and O–H groups in total. The number of anilines is 1. The number of likely N-dealkylation sites (N-methyl/N-ethyl adjacent to an activating group) is 1. The van der Waals surface area contributed by atoms with Gasteiger partial charge in [0.05, 0.1) is 6.61 Å². The summed E-state index contributed by atoms with van der Waals surface area (Å²) in [6.07, 6.45) is 2.46. The van der Waals surface area contributed by atoms with Crippen LogP contribution in [0.2, 0.25) is 0 Å². The second kappa shape index (κ2) is 5.87. The van der Waals surface area contributed by atoms with Gasteiger partial charge in [-0.05, 0) is 32.9 Å². The molecular formula is C13H21N3O.